The molecule has 0 aliphatic carbocycles. The van der Waals surface area contributed by atoms with Crippen molar-refractivity contribution in [2.24, 2.45) is 10.7 Å². The summed E-state index contributed by atoms with van der Waals surface area (Å²) in [6.45, 7) is 3.40. The number of ether oxygens (including phenoxy) is 1. The summed E-state index contributed by atoms with van der Waals surface area (Å²) in [6.07, 6.45) is -0.634. The predicted octanol–water partition coefficient (Wildman–Crippen LogP) is -2.19. The van der Waals surface area contributed by atoms with Crippen molar-refractivity contribution in [1.29, 1.82) is 0 Å². The van der Waals surface area contributed by atoms with Gasteiger partial charge in [0.25, 0.3) is 0 Å². The zero-order valence-electron chi connectivity index (χ0n) is 10.6. The lowest BCUT2D eigenvalue weighted by molar-refractivity contribution is -0.0534. The van der Waals surface area contributed by atoms with Crippen molar-refractivity contribution < 1.29 is 14.9 Å². The van der Waals surface area contributed by atoms with Crippen molar-refractivity contribution in [2.45, 2.75) is 31.0 Å². The Labute approximate surface area is 117 Å². The van der Waals surface area contributed by atoms with Crippen LogP contribution < -0.4 is 20.6 Å². The number of nitrogens with two attached hydrogens (primary N) is 1. The molecule has 108 valence electrons. The molecular weight excluding hydrogens is 282 g/mol. The summed E-state index contributed by atoms with van der Waals surface area (Å²) in [7, 11) is 0. The van der Waals surface area contributed by atoms with Gasteiger partial charge in [-0.15, -0.1) is 0 Å². The average Bonchev–Trinajstić information content (AvgIpc) is 2.88. The van der Waals surface area contributed by atoms with Crippen LogP contribution >= 0.6 is 11.3 Å². The molecule has 3 rings (SSSR count). The third-order valence-corrected chi connectivity index (χ3v) is 4.40. The molecule has 0 radical (unpaired) electrons. The Balaban J connectivity index is 2.14. The van der Waals surface area contributed by atoms with Gasteiger partial charge in [0.15, 0.2) is 11.7 Å². The van der Waals surface area contributed by atoms with Crippen molar-refractivity contribution in [3.63, 3.8) is 0 Å². The topological polar surface area (TPSA) is 110 Å². The van der Waals surface area contributed by atoms with E-state index < -0.39 is 24.6 Å². The van der Waals surface area contributed by atoms with Crippen LogP contribution in [0.25, 0.3) is 6.08 Å². The first-order valence-electron chi connectivity index (χ1n) is 6.21. The largest absolute Gasteiger partial charge is 0.393 e. The number of nitrogens with zero attached hydrogens (tertiary/aromatic N) is 2. The van der Waals surface area contributed by atoms with Crippen LogP contribution in [0.4, 0.5) is 0 Å². The number of thiazole rings is 1. The summed E-state index contributed by atoms with van der Waals surface area (Å²) in [4.78, 5) is 16.1. The lowest BCUT2D eigenvalue weighted by Gasteiger charge is -2.16. The summed E-state index contributed by atoms with van der Waals surface area (Å²) in [6, 6.07) is 0. The van der Waals surface area contributed by atoms with E-state index in [-0.39, 0.29) is 11.5 Å². The SMILES string of the molecule is C=C1[C@@H](O)[C@H](n2c(=O)sc3c2=N[C@@H](N)CC=3)O[C@@H]1CO. The fourth-order valence-electron chi connectivity index (χ4n) is 2.38. The first-order chi connectivity index (χ1) is 9.52. The van der Waals surface area contributed by atoms with Crippen molar-refractivity contribution >= 4 is 17.4 Å². The van der Waals surface area contributed by atoms with Gasteiger partial charge in [-0.25, -0.2) is 4.99 Å². The molecule has 8 heteroatoms. The van der Waals surface area contributed by atoms with E-state index in [9.17, 15) is 15.0 Å². The van der Waals surface area contributed by atoms with Gasteiger partial charge in [-0.05, 0) is 5.57 Å². The first-order valence-corrected chi connectivity index (χ1v) is 7.02. The normalized spacial score (nSPS) is 32.6. The molecule has 0 bridgehead atoms. The van der Waals surface area contributed by atoms with Crippen LogP contribution in [0.5, 0.6) is 0 Å². The third-order valence-electron chi connectivity index (χ3n) is 3.46. The van der Waals surface area contributed by atoms with Crippen molar-refractivity contribution in [2.75, 3.05) is 6.61 Å². The molecular formula is C12H15N3O4S. The summed E-state index contributed by atoms with van der Waals surface area (Å²) >= 11 is 1.04. The number of fused-ring (bicyclic) bond motifs is 1. The van der Waals surface area contributed by atoms with E-state index in [4.69, 9.17) is 10.5 Å². The summed E-state index contributed by atoms with van der Waals surface area (Å²) in [5.41, 5.74) is 6.55. The standard InChI is InChI=1S/C12H15N3O4S/c1-5-6(4-16)19-11(9(5)17)15-10-7(20-12(15)18)2-3-8(13)14-10/h2,6,8-9,11,16-17H,1,3-4,13H2/t6-,8-,9-,11-/m1/s1. The maximum atomic E-state index is 12.1. The number of aromatic nitrogens is 1. The molecule has 4 atom stereocenters. The van der Waals surface area contributed by atoms with Gasteiger partial charge in [-0.3, -0.25) is 9.36 Å². The minimum atomic E-state index is -1.06. The van der Waals surface area contributed by atoms with E-state index in [0.29, 0.717) is 17.5 Å². The van der Waals surface area contributed by atoms with Crippen molar-refractivity contribution in [1.82, 2.24) is 4.57 Å². The molecule has 2 aliphatic rings. The highest BCUT2D eigenvalue weighted by Crippen LogP contribution is 2.30. The maximum Gasteiger partial charge on any atom is 0.311 e. The number of hydrogen-bond acceptors (Lipinski definition) is 7. The minimum absolute atomic E-state index is 0.278. The Morgan fingerprint density at radius 3 is 3.05 bits per heavy atom. The quantitative estimate of drug-likeness (QED) is 0.537. The second-order valence-corrected chi connectivity index (χ2v) is 5.77. The van der Waals surface area contributed by atoms with Crippen LogP contribution in [0, 0.1) is 0 Å². The van der Waals surface area contributed by atoms with E-state index in [1.165, 1.54) is 4.57 Å². The Kier molecular flexibility index (Phi) is 3.35. The van der Waals surface area contributed by atoms with Crippen LogP contribution in [-0.2, 0) is 4.74 Å². The molecule has 3 heterocycles. The fourth-order valence-corrected chi connectivity index (χ4v) is 3.28. The second kappa shape index (κ2) is 4.90. The summed E-state index contributed by atoms with van der Waals surface area (Å²) in [5, 5.41) is 19.3. The smallest absolute Gasteiger partial charge is 0.311 e. The van der Waals surface area contributed by atoms with Crippen molar-refractivity contribution in [3.05, 3.63) is 31.8 Å². The summed E-state index contributed by atoms with van der Waals surface area (Å²) < 4.78 is 7.54. The molecule has 20 heavy (non-hydrogen) atoms. The van der Waals surface area contributed by atoms with Gasteiger partial charge >= 0.3 is 4.87 Å². The molecule has 1 saturated heterocycles. The molecule has 0 unspecified atom stereocenters. The molecule has 0 spiro atoms. The van der Waals surface area contributed by atoms with E-state index in [0.717, 1.165) is 15.9 Å². The van der Waals surface area contributed by atoms with Crippen LogP contribution in [0.15, 0.2) is 21.9 Å². The molecule has 0 amide bonds. The number of aliphatic hydroxyl groups is 2. The lowest BCUT2D eigenvalue weighted by Crippen LogP contribution is -2.42. The van der Waals surface area contributed by atoms with E-state index in [1.807, 2.05) is 6.08 Å². The van der Waals surface area contributed by atoms with Crippen LogP contribution in [0.2, 0.25) is 0 Å². The van der Waals surface area contributed by atoms with Gasteiger partial charge in [0.1, 0.15) is 18.4 Å². The molecule has 1 aromatic heterocycles. The fraction of sp³-hybridized carbons (Fsp3) is 0.500. The average molecular weight is 297 g/mol. The molecule has 2 aliphatic heterocycles. The lowest BCUT2D eigenvalue weighted by atomic mass is 10.1. The van der Waals surface area contributed by atoms with Crippen LogP contribution in [0.1, 0.15) is 12.6 Å². The molecule has 7 nitrogen and oxygen atoms in total. The van der Waals surface area contributed by atoms with Gasteiger partial charge in [0.2, 0.25) is 0 Å². The highest BCUT2D eigenvalue weighted by atomic mass is 32.1. The highest BCUT2D eigenvalue weighted by Gasteiger charge is 2.40. The minimum Gasteiger partial charge on any atom is -0.393 e. The Hall–Kier alpha value is -1.32. The second-order valence-electron chi connectivity index (χ2n) is 4.78. The highest BCUT2D eigenvalue weighted by molar-refractivity contribution is 7.07. The molecule has 0 aromatic carbocycles. The van der Waals surface area contributed by atoms with Crippen LogP contribution in [-0.4, -0.2) is 39.8 Å². The maximum absolute atomic E-state index is 12.1. The van der Waals surface area contributed by atoms with Crippen LogP contribution in [0.3, 0.4) is 0 Å². The molecule has 1 fully saturated rings. The summed E-state index contributed by atoms with van der Waals surface area (Å²) in [5.74, 6) is 0. The number of hydrogen-bond donors (Lipinski definition) is 3. The molecule has 4 N–H and O–H groups in total. The van der Waals surface area contributed by atoms with E-state index in [2.05, 4.69) is 11.6 Å². The molecule has 1 aromatic rings. The van der Waals surface area contributed by atoms with Gasteiger partial charge in [-0.1, -0.05) is 24.0 Å². The third kappa shape index (κ3) is 1.97. The van der Waals surface area contributed by atoms with Gasteiger partial charge in [-0.2, -0.15) is 0 Å². The van der Waals surface area contributed by atoms with Gasteiger partial charge in [0, 0.05) is 6.42 Å². The number of rotatable bonds is 2. The monoisotopic (exact) mass is 297 g/mol. The van der Waals surface area contributed by atoms with Gasteiger partial charge < -0.3 is 20.7 Å². The van der Waals surface area contributed by atoms with Crippen molar-refractivity contribution in [3.8, 4) is 0 Å². The van der Waals surface area contributed by atoms with E-state index in [1.54, 1.807) is 0 Å². The first kappa shape index (κ1) is 13.7. The Morgan fingerprint density at radius 1 is 1.65 bits per heavy atom. The van der Waals surface area contributed by atoms with Gasteiger partial charge in [0.05, 0.1) is 11.1 Å². The Bertz CT molecular complexity index is 722. The Morgan fingerprint density at radius 2 is 2.40 bits per heavy atom. The zero-order valence-corrected chi connectivity index (χ0v) is 11.4. The predicted molar refractivity (Wildman–Crippen MR) is 72.6 cm³/mol. The number of aliphatic hydroxyl groups excluding tert-OH is 2. The zero-order chi connectivity index (χ0) is 14.4. The molecule has 0 saturated carbocycles. The van der Waals surface area contributed by atoms with E-state index >= 15 is 0 Å².